The van der Waals surface area contributed by atoms with Gasteiger partial charge in [-0.2, -0.15) is 0 Å². The van der Waals surface area contributed by atoms with Gasteiger partial charge < -0.3 is 14.8 Å². The van der Waals surface area contributed by atoms with Crippen LogP contribution in [0.2, 0.25) is 0 Å². The summed E-state index contributed by atoms with van der Waals surface area (Å²) in [6.45, 7) is 3.79. The molecule has 28 heavy (non-hydrogen) atoms. The molecule has 148 valence electrons. The van der Waals surface area contributed by atoms with Gasteiger partial charge in [0.05, 0.1) is 5.69 Å². The summed E-state index contributed by atoms with van der Waals surface area (Å²) in [7, 11) is 1.79. The monoisotopic (exact) mass is 383 g/mol. The van der Waals surface area contributed by atoms with Crippen LogP contribution in [0.15, 0.2) is 36.5 Å². The second-order valence-corrected chi connectivity index (χ2v) is 7.06. The molecule has 1 heterocycles. The molecule has 1 aromatic carbocycles. The fourth-order valence-corrected chi connectivity index (χ4v) is 2.77. The molecular weight excluding hydrogens is 358 g/mol. The highest BCUT2D eigenvalue weighted by Crippen LogP contribution is 2.10. The highest BCUT2D eigenvalue weighted by atomic mass is 16.4. The van der Waals surface area contributed by atoms with Gasteiger partial charge in [-0.3, -0.25) is 14.9 Å². The number of aryl methyl sites for hydroxylation is 1. The number of carboxylic acid groups (broad SMARTS) is 2. The average Bonchev–Trinajstić information content (AvgIpc) is 2.98. The second-order valence-electron chi connectivity index (χ2n) is 7.06. The largest absolute Gasteiger partial charge is 0.480 e. The van der Waals surface area contributed by atoms with Gasteiger partial charge in [0.25, 0.3) is 0 Å². The Morgan fingerprint density at radius 3 is 2.32 bits per heavy atom. The predicted octanol–water partition coefficient (Wildman–Crippen LogP) is 1.90. The molecule has 0 bridgehead atoms. The Morgan fingerprint density at radius 1 is 1.11 bits per heavy atom. The zero-order valence-corrected chi connectivity index (χ0v) is 16.2. The Hall–Kier alpha value is -3.11. The van der Waals surface area contributed by atoms with E-state index in [4.69, 9.17) is 0 Å². The maximum Gasteiger partial charge on any atom is 0.321 e. The molecular formula is C21H25N3O4. The van der Waals surface area contributed by atoms with Crippen molar-refractivity contribution >= 4 is 11.9 Å². The van der Waals surface area contributed by atoms with Crippen molar-refractivity contribution in [3.63, 3.8) is 0 Å². The summed E-state index contributed by atoms with van der Waals surface area (Å²) in [4.78, 5) is 27.5. The van der Waals surface area contributed by atoms with Crippen LogP contribution >= 0.6 is 0 Å². The molecule has 0 spiro atoms. The van der Waals surface area contributed by atoms with Crippen LogP contribution in [0.4, 0.5) is 0 Å². The first kappa shape index (κ1) is 21.2. The number of hydrogen-bond donors (Lipinski definition) is 3. The van der Waals surface area contributed by atoms with E-state index in [2.05, 4.69) is 22.1 Å². The summed E-state index contributed by atoms with van der Waals surface area (Å²) in [5.41, 5.74) is 1.39. The first-order valence-corrected chi connectivity index (χ1v) is 9.07. The van der Waals surface area contributed by atoms with Gasteiger partial charge in [-0.25, -0.2) is 4.98 Å². The quantitative estimate of drug-likeness (QED) is 0.602. The third kappa shape index (κ3) is 6.25. The van der Waals surface area contributed by atoms with Crippen LogP contribution in [-0.4, -0.2) is 43.8 Å². The van der Waals surface area contributed by atoms with Crippen LogP contribution in [-0.2, 0) is 23.1 Å². The third-order valence-corrected chi connectivity index (χ3v) is 4.14. The molecule has 0 saturated heterocycles. The van der Waals surface area contributed by atoms with E-state index in [1.54, 1.807) is 17.8 Å². The van der Waals surface area contributed by atoms with Crippen LogP contribution in [0.25, 0.3) is 0 Å². The summed E-state index contributed by atoms with van der Waals surface area (Å²) in [6.07, 6.45) is 2.12. The lowest BCUT2D eigenvalue weighted by Crippen LogP contribution is -2.48. The Balaban J connectivity index is 2.14. The zero-order valence-electron chi connectivity index (χ0n) is 16.2. The number of imidazole rings is 1. The van der Waals surface area contributed by atoms with E-state index in [-0.39, 0.29) is 12.3 Å². The molecule has 0 aliphatic rings. The van der Waals surface area contributed by atoms with E-state index in [1.165, 1.54) is 0 Å². The molecule has 7 nitrogen and oxygen atoms in total. The van der Waals surface area contributed by atoms with Crippen molar-refractivity contribution in [1.29, 1.82) is 0 Å². The number of nitrogens with one attached hydrogen (secondary N) is 1. The van der Waals surface area contributed by atoms with Crippen molar-refractivity contribution < 1.29 is 19.8 Å². The van der Waals surface area contributed by atoms with Gasteiger partial charge in [0.1, 0.15) is 12.1 Å². The van der Waals surface area contributed by atoms with Gasteiger partial charge in [0.2, 0.25) is 0 Å². The molecule has 2 aromatic rings. The van der Waals surface area contributed by atoms with E-state index >= 15 is 0 Å². The van der Waals surface area contributed by atoms with E-state index in [0.29, 0.717) is 17.9 Å². The molecule has 2 unspecified atom stereocenters. The molecule has 1 aromatic heterocycles. The number of nitrogens with zero attached hydrogens (tertiary/aromatic N) is 2. The summed E-state index contributed by atoms with van der Waals surface area (Å²) in [5.74, 6) is 4.46. The predicted molar refractivity (Wildman–Crippen MR) is 105 cm³/mol. The summed E-state index contributed by atoms with van der Waals surface area (Å²) < 4.78 is 1.73. The molecule has 0 saturated carbocycles. The van der Waals surface area contributed by atoms with Crippen LogP contribution in [0.3, 0.4) is 0 Å². The van der Waals surface area contributed by atoms with E-state index in [0.717, 1.165) is 5.56 Å². The third-order valence-electron chi connectivity index (χ3n) is 4.14. The van der Waals surface area contributed by atoms with Crippen LogP contribution in [0.1, 0.15) is 37.4 Å². The van der Waals surface area contributed by atoms with Gasteiger partial charge in [-0.05, 0) is 30.4 Å². The van der Waals surface area contributed by atoms with Gasteiger partial charge >= 0.3 is 11.9 Å². The number of carboxylic acids is 2. The standard InChI is InChI=1S/C21H25N3O4/c1-14(2)11-17(20(25)26)23-18(21(27)28)12-16-13-24(3)19(22-16)10-9-15-7-5-4-6-8-15/h4-8,13-14,17-18,23H,11-12H2,1-3H3,(H,25,26)(H,27,28). The topological polar surface area (TPSA) is 104 Å². The molecule has 2 rings (SSSR count). The normalized spacial score (nSPS) is 12.9. The fraction of sp³-hybridized carbons (Fsp3) is 0.381. The van der Waals surface area contributed by atoms with Crippen molar-refractivity contribution in [2.45, 2.75) is 38.8 Å². The number of aliphatic carboxylic acids is 2. The molecule has 7 heteroatoms. The smallest absolute Gasteiger partial charge is 0.321 e. The van der Waals surface area contributed by atoms with E-state index in [9.17, 15) is 19.8 Å². The summed E-state index contributed by atoms with van der Waals surface area (Å²) >= 11 is 0. The molecule has 0 aliphatic heterocycles. The molecule has 3 N–H and O–H groups in total. The Kier molecular flexibility index (Phi) is 7.36. The highest BCUT2D eigenvalue weighted by Gasteiger charge is 2.27. The van der Waals surface area contributed by atoms with Crippen LogP contribution < -0.4 is 5.32 Å². The van der Waals surface area contributed by atoms with Crippen molar-refractivity contribution in [3.05, 3.63) is 53.6 Å². The van der Waals surface area contributed by atoms with Gasteiger partial charge in [-0.15, -0.1) is 0 Å². The Bertz CT molecular complexity index is 878. The number of carbonyl (C=O) groups is 2. The maximum atomic E-state index is 11.6. The maximum absolute atomic E-state index is 11.6. The highest BCUT2D eigenvalue weighted by molar-refractivity contribution is 5.77. The Morgan fingerprint density at radius 2 is 1.75 bits per heavy atom. The lowest BCUT2D eigenvalue weighted by Gasteiger charge is -2.21. The van der Waals surface area contributed by atoms with E-state index in [1.807, 2.05) is 44.2 Å². The molecule has 2 atom stereocenters. The average molecular weight is 383 g/mol. The van der Waals surface area contributed by atoms with Crippen molar-refractivity contribution in [1.82, 2.24) is 14.9 Å². The van der Waals surface area contributed by atoms with E-state index < -0.39 is 24.0 Å². The van der Waals surface area contributed by atoms with Crippen molar-refractivity contribution in [3.8, 4) is 11.8 Å². The SMILES string of the molecule is CC(C)CC(NC(Cc1cn(C)c(C#Cc2ccccc2)n1)C(=O)O)C(=O)O. The van der Waals surface area contributed by atoms with Gasteiger partial charge in [0, 0.05) is 25.2 Å². The number of hydrogen-bond acceptors (Lipinski definition) is 4. The molecule has 0 radical (unpaired) electrons. The fourth-order valence-electron chi connectivity index (χ4n) is 2.77. The Labute approximate surface area is 164 Å². The minimum Gasteiger partial charge on any atom is -0.480 e. The lowest BCUT2D eigenvalue weighted by molar-refractivity contribution is -0.142. The molecule has 0 aliphatic carbocycles. The lowest BCUT2D eigenvalue weighted by atomic mass is 10.0. The van der Waals surface area contributed by atoms with Crippen molar-refractivity contribution in [2.75, 3.05) is 0 Å². The van der Waals surface area contributed by atoms with Gasteiger partial charge in [-0.1, -0.05) is 38.0 Å². The first-order valence-electron chi connectivity index (χ1n) is 9.07. The molecule has 0 fully saturated rings. The number of rotatable bonds is 8. The number of benzene rings is 1. The minimum atomic E-state index is -1.11. The first-order chi connectivity index (χ1) is 13.3. The summed E-state index contributed by atoms with van der Waals surface area (Å²) in [6, 6.07) is 7.50. The van der Waals surface area contributed by atoms with Crippen LogP contribution in [0.5, 0.6) is 0 Å². The summed E-state index contributed by atoms with van der Waals surface area (Å²) in [5, 5.41) is 21.6. The zero-order chi connectivity index (χ0) is 20.7. The van der Waals surface area contributed by atoms with Gasteiger partial charge in [0.15, 0.2) is 5.82 Å². The van der Waals surface area contributed by atoms with Crippen molar-refractivity contribution in [2.24, 2.45) is 13.0 Å². The second kappa shape index (κ2) is 9.72. The molecule has 0 amide bonds. The minimum absolute atomic E-state index is 0.0675. The van der Waals surface area contributed by atoms with Crippen LogP contribution in [0, 0.1) is 17.8 Å². The number of aromatic nitrogens is 2.